The molecule has 2 N–H and O–H groups in total. The lowest BCUT2D eigenvalue weighted by atomic mass is 10.1. The van der Waals surface area contributed by atoms with E-state index in [4.69, 9.17) is 14.2 Å². The molecule has 178 valence electrons. The van der Waals surface area contributed by atoms with Gasteiger partial charge in [-0.15, -0.1) is 0 Å². The molecule has 9 nitrogen and oxygen atoms in total. The van der Waals surface area contributed by atoms with Crippen LogP contribution in [0.25, 0.3) is 0 Å². The van der Waals surface area contributed by atoms with Crippen LogP contribution in [-0.2, 0) is 25.8 Å². The molecule has 0 spiro atoms. The fourth-order valence-corrected chi connectivity index (χ4v) is 5.15. The third-order valence-electron chi connectivity index (χ3n) is 5.40. The maximum Gasteiger partial charge on any atom is 0.262 e. The molecule has 1 aliphatic heterocycles. The lowest BCUT2D eigenvalue weighted by Crippen LogP contribution is -2.31. The minimum atomic E-state index is -3.79. The first kappa shape index (κ1) is 24.4. The van der Waals surface area contributed by atoms with Gasteiger partial charge in [-0.05, 0) is 49.6 Å². The van der Waals surface area contributed by atoms with E-state index in [2.05, 4.69) is 10.6 Å². The molecule has 2 aromatic carbocycles. The quantitative estimate of drug-likeness (QED) is 0.570. The van der Waals surface area contributed by atoms with Crippen LogP contribution in [0.4, 0.5) is 5.69 Å². The molecular weight excluding hydrogens is 448 g/mol. The summed E-state index contributed by atoms with van der Waals surface area (Å²) in [7, 11) is -0.677. The molecule has 1 atom stereocenters. The Hall–Kier alpha value is -3.27. The first-order valence-electron chi connectivity index (χ1n) is 10.4. The van der Waals surface area contributed by atoms with Crippen LogP contribution < -0.4 is 24.8 Å². The van der Waals surface area contributed by atoms with Crippen molar-refractivity contribution in [3.05, 3.63) is 41.5 Å². The second-order valence-corrected chi connectivity index (χ2v) is 10.1. The number of rotatable bonds is 9. The fraction of sp³-hybridized carbons (Fsp3) is 0.391. The number of amides is 2. The van der Waals surface area contributed by atoms with Crippen molar-refractivity contribution in [1.29, 1.82) is 0 Å². The normalized spacial score (nSPS) is 13.9. The second-order valence-electron chi connectivity index (χ2n) is 7.80. The van der Waals surface area contributed by atoms with Gasteiger partial charge < -0.3 is 24.8 Å². The molecule has 0 aromatic heterocycles. The Balaban J connectivity index is 1.61. The van der Waals surface area contributed by atoms with Crippen LogP contribution in [0.15, 0.2) is 35.2 Å². The number of sulfone groups is 1. The molecule has 0 saturated carbocycles. The smallest absolute Gasteiger partial charge is 0.262 e. The number of ether oxygens (including phenoxy) is 3. The Morgan fingerprint density at radius 3 is 2.61 bits per heavy atom. The van der Waals surface area contributed by atoms with Gasteiger partial charge in [0.2, 0.25) is 5.91 Å². The first-order valence-corrected chi connectivity index (χ1v) is 12.0. The molecule has 1 aliphatic rings. The zero-order valence-electron chi connectivity index (χ0n) is 19.1. The fourth-order valence-electron chi connectivity index (χ4n) is 3.56. The van der Waals surface area contributed by atoms with Crippen molar-refractivity contribution < 1.29 is 32.2 Å². The third-order valence-corrected chi connectivity index (χ3v) is 7.68. The maximum absolute atomic E-state index is 13.1. The van der Waals surface area contributed by atoms with E-state index in [1.54, 1.807) is 33.3 Å². The van der Waals surface area contributed by atoms with Crippen LogP contribution in [0.1, 0.15) is 24.5 Å². The standard InChI is InChI=1S/C23H28N2O7S/c1-14-9-17-19(32-13-23(27)25-17)12-21(14)33(28,29)15(2)10-22(26)24-8-7-16-5-6-18(30-3)20(11-16)31-4/h5-6,9,11-12,15H,7-8,10,13H2,1-4H3,(H,24,26)(H,25,27)/t15-/m0/s1. The van der Waals surface area contributed by atoms with Gasteiger partial charge in [0.25, 0.3) is 5.91 Å². The predicted molar refractivity (Wildman–Crippen MR) is 123 cm³/mol. The maximum atomic E-state index is 13.1. The van der Waals surface area contributed by atoms with Crippen molar-refractivity contribution in [3.8, 4) is 17.2 Å². The molecule has 0 unspecified atom stereocenters. The molecule has 3 rings (SSSR count). The summed E-state index contributed by atoms with van der Waals surface area (Å²) in [5.41, 5.74) is 1.86. The average Bonchev–Trinajstić information content (AvgIpc) is 2.78. The van der Waals surface area contributed by atoms with Gasteiger partial charge in [0.15, 0.2) is 27.9 Å². The van der Waals surface area contributed by atoms with Crippen LogP contribution in [0.5, 0.6) is 17.2 Å². The van der Waals surface area contributed by atoms with E-state index in [1.165, 1.54) is 13.0 Å². The van der Waals surface area contributed by atoms with E-state index in [-0.39, 0.29) is 29.7 Å². The van der Waals surface area contributed by atoms with E-state index in [9.17, 15) is 18.0 Å². The number of carbonyl (C=O) groups is 2. The molecule has 0 bridgehead atoms. The zero-order valence-corrected chi connectivity index (χ0v) is 19.9. The largest absolute Gasteiger partial charge is 0.493 e. The Bertz CT molecular complexity index is 1160. The van der Waals surface area contributed by atoms with Gasteiger partial charge in [-0.1, -0.05) is 6.07 Å². The van der Waals surface area contributed by atoms with Crippen LogP contribution in [0.2, 0.25) is 0 Å². The molecule has 0 saturated heterocycles. The summed E-state index contributed by atoms with van der Waals surface area (Å²) in [6.45, 7) is 3.33. The first-order chi connectivity index (χ1) is 15.6. The highest BCUT2D eigenvalue weighted by Gasteiger charge is 2.29. The summed E-state index contributed by atoms with van der Waals surface area (Å²) < 4.78 is 42.1. The monoisotopic (exact) mass is 476 g/mol. The molecule has 0 aliphatic carbocycles. The molecule has 0 fully saturated rings. The van der Waals surface area contributed by atoms with Crippen LogP contribution in [-0.4, -0.2) is 52.9 Å². The summed E-state index contributed by atoms with van der Waals surface area (Å²) in [5.74, 6) is 0.867. The molecule has 1 heterocycles. The molecule has 10 heteroatoms. The highest BCUT2D eigenvalue weighted by molar-refractivity contribution is 7.92. The van der Waals surface area contributed by atoms with E-state index >= 15 is 0 Å². The van der Waals surface area contributed by atoms with Gasteiger partial charge in [-0.2, -0.15) is 0 Å². The van der Waals surface area contributed by atoms with Crippen molar-refractivity contribution in [1.82, 2.24) is 5.32 Å². The molecule has 0 radical (unpaired) electrons. The minimum Gasteiger partial charge on any atom is -0.493 e. The number of aryl methyl sites for hydroxylation is 1. The van der Waals surface area contributed by atoms with Gasteiger partial charge in [-0.25, -0.2) is 8.42 Å². The number of nitrogens with one attached hydrogen (secondary N) is 2. The van der Waals surface area contributed by atoms with Crippen molar-refractivity contribution >= 4 is 27.3 Å². The molecule has 33 heavy (non-hydrogen) atoms. The Morgan fingerprint density at radius 1 is 1.18 bits per heavy atom. The lowest BCUT2D eigenvalue weighted by Gasteiger charge is -2.21. The number of hydrogen-bond acceptors (Lipinski definition) is 7. The second kappa shape index (κ2) is 10.1. The van der Waals surface area contributed by atoms with Crippen LogP contribution >= 0.6 is 0 Å². The van der Waals surface area contributed by atoms with Crippen molar-refractivity contribution in [2.75, 3.05) is 32.7 Å². The lowest BCUT2D eigenvalue weighted by molar-refractivity contribution is -0.121. The van der Waals surface area contributed by atoms with Gasteiger partial charge in [-0.3, -0.25) is 9.59 Å². The Kier molecular flexibility index (Phi) is 7.47. The number of hydrogen-bond donors (Lipinski definition) is 2. The van der Waals surface area contributed by atoms with Crippen LogP contribution in [0.3, 0.4) is 0 Å². The van der Waals surface area contributed by atoms with Gasteiger partial charge in [0.1, 0.15) is 5.75 Å². The molecular formula is C23H28N2O7S. The molecule has 2 amide bonds. The Morgan fingerprint density at radius 2 is 1.91 bits per heavy atom. The molecule has 2 aromatic rings. The van der Waals surface area contributed by atoms with Gasteiger partial charge >= 0.3 is 0 Å². The topological polar surface area (TPSA) is 120 Å². The van der Waals surface area contributed by atoms with Crippen molar-refractivity contribution in [2.24, 2.45) is 0 Å². The van der Waals surface area contributed by atoms with Crippen molar-refractivity contribution in [2.45, 2.75) is 36.8 Å². The predicted octanol–water partition coefficient (Wildman–Crippen LogP) is 2.25. The van der Waals surface area contributed by atoms with Crippen molar-refractivity contribution in [3.63, 3.8) is 0 Å². The minimum absolute atomic E-state index is 0.0861. The third kappa shape index (κ3) is 5.57. The van der Waals surface area contributed by atoms with Crippen LogP contribution in [0, 0.1) is 6.92 Å². The van der Waals surface area contributed by atoms with E-state index in [1.807, 2.05) is 12.1 Å². The number of methoxy groups -OCH3 is 2. The number of carbonyl (C=O) groups excluding carboxylic acids is 2. The summed E-state index contributed by atoms with van der Waals surface area (Å²) in [5, 5.41) is 4.49. The summed E-state index contributed by atoms with van der Waals surface area (Å²) in [6.07, 6.45) is 0.378. The Labute approximate surface area is 193 Å². The number of benzene rings is 2. The van der Waals surface area contributed by atoms with Gasteiger partial charge in [0, 0.05) is 19.0 Å². The van der Waals surface area contributed by atoms with E-state index in [0.29, 0.717) is 41.5 Å². The van der Waals surface area contributed by atoms with Gasteiger partial charge in [0.05, 0.1) is 30.1 Å². The summed E-state index contributed by atoms with van der Waals surface area (Å²) >= 11 is 0. The summed E-state index contributed by atoms with van der Waals surface area (Å²) in [4.78, 5) is 24.0. The summed E-state index contributed by atoms with van der Waals surface area (Å²) in [6, 6.07) is 8.48. The number of anilines is 1. The average molecular weight is 477 g/mol. The SMILES string of the molecule is COc1ccc(CCNC(=O)C[C@H](C)S(=O)(=O)c2cc3c(cc2C)NC(=O)CO3)cc1OC. The van der Waals surface area contributed by atoms with E-state index < -0.39 is 15.1 Å². The highest BCUT2D eigenvalue weighted by atomic mass is 32.2. The highest BCUT2D eigenvalue weighted by Crippen LogP contribution is 2.34. The van der Waals surface area contributed by atoms with E-state index in [0.717, 1.165) is 5.56 Å². The number of fused-ring (bicyclic) bond motifs is 1. The zero-order chi connectivity index (χ0) is 24.2.